The van der Waals surface area contributed by atoms with Gasteiger partial charge in [-0.05, 0) is 18.1 Å². The van der Waals surface area contributed by atoms with Crippen LogP contribution in [0.15, 0.2) is 18.2 Å². The molecule has 4 amide bonds. The van der Waals surface area contributed by atoms with E-state index in [1.807, 2.05) is 13.8 Å². The van der Waals surface area contributed by atoms with Crippen LogP contribution in [-0.4, -0.2) is 34.2 Å². The maximum Gasteiger partial charge on any atom is 0.334 e. The Morgan fingerprint density at radius 2 is 1.52 bits per heavy atom. The Morgan fingerprint density at radius 3 is 2.05 bits per heavy atom. The topological polar surface area (TPSA) is 57.7 Å². The monoisotopic (exact) mass is 328 g/mol. The lowest BCUT2D eigenvalue weighted by atomic mass is 10.2. The van der Waals surface area contributed by atoms with Gasteiger partial charge in [0.05, 0.1) is 6.54 Å². The van der Waals surface area contributed by atoms with Crippen LogP contribution in [0.5, 0.6) is 0 Å². The first-order valence-corrected chi connectivity index (χ1v) is 7.18. The highest BCUT2D eigenvalue weighted by Gasteiger charge is 2.44. The lowest BCUT2D eigenvalue weighted by Crippen LogP contribution is -2.35. The van der Waals surface area contributed by atoms with Crippen LogP contribution < -0.4 is 0 Å². The molecule has 0 atom stereocenters. The Hall–Kier alpha value is -1.59. The van der Waals surface area contributed by atoms with E-state index in [2.05, 4.69) is 0 Å². The van der Waals surface area contributed by atoms with Crippen LogP contribution >= 0.6 is 23.2 Å². The number of nitrogens with zero attached hydrogens (tertiary/aromatic N) is 2. The van der Waals surface area contributed by atoms with Crippen molar-refractivity contribution >= 4 is 41.0 Å². The number of hydrogen-bond acceptors (Lipinski definition) is 3. The average molecular weight is 329 g/mol. The molecule has 0 radical (unpaired) electrons. The molecule has 1 saturated heterocycles. The molecule has 0 unspecified atom stereocenters. The van der Waals surface area contributed by atoms with Crippen molar-refractivity contribution in [3.05, 3.63) is 33.8 Å². The highest BCUT2D eigenvalue weighted by Crippen LogP contribution is 2.27. The minimum Gasteiger partial charge on any atom is -0.263 e. The van der Waals surface area contributed by atoms with Gasteiger partial charge in [0.15, 0.2) is 0 Å². The number of halogens is 2. The lowest BCUT2D eigenvalue weighted by molar-refractivity contribution is -0.143. The summed E-state index contributed by atoms with van der Waals surface area (Å²) in [5.74, 6) is -1.58. The smallest absolute Gasteiger partial charge is 0.263 e. The first kappa shape index (κ1) is 15.8. The summed E-state index contributed by atoms with van der Waals surface area (Å²) in [4.78, 5) is 37.9. The van der Waals surface area contributed by atoms with Crippen molar-refractivity contribution in [3.8, 4) is 0 Å². The van der Waals surface area contributed by atoms with Crippen molar-refractivity contribution in [2.75, 3.05) is 6.54 Å². The largest absolute Gasteiger partial charge is 0.334 e. The molecule has 5 nitrogen and oxygen atoms in total. The third-order valence-corrected chi connectivity index (χ3v) is 3.77. The molecule has 112 valence electrons. The number of hydrogen-bond donors (Lipinski definition) is 0. The Balaban J connectivity index is 2.27. The number of carbonyl (C=O) groups excluding carboxylic acids is 3. The first-order valence-electron chi connectivity index (χ1n) is 6.43. The quantitative estimate of drug-likeness (QED) is 0.630. The van der Waals surface area contributed by atoms with Crippen LogP contribution in [-0.2, 0) is 16.1 Å². The van der Waals surface area contributed by atoms with Crippen LogP contribution in [0.1, 0.15) is 19.4 Å². The van der Waals surface area contributed by atoms with E-state index in [9.17, 15) is 14.4 Å². The standard InChI is InChI=1S/C14H14Cl2N2O3/c1-8(2)6-17-12(19)13(20)18(14(17)21)7-9-10(15)4-3-5-11(9)16/h3-5,8H,6-7H2,1-2H3. The van der Waals surface area contributed by atoms with Crippen LogP contribution in [0.25, 0.3) is 0 Å². The third-order valence-electron chi connectivity index (χ3n) is 3.06. The van der Waals surface area contributed by atoms with E-state index in [0.717, 1.165) is 9.80 Å². The molecule has 7 heteroatoms. The van der Waals surface area contributed by atoms with Gasteiger partial charge < -0.3 is 0 Å². The van der Waals surface area contributed by atoms with Gasteiger partial charge in [0.25, 0.3) is 0 Å². The predicted molar refractivity (Wildman–Crippen MR) is 79.0 cm³/mol. The maximum atomic E-state index is 12.2. The first-order chi connectivity index (χ1) is 9.82. The highest BCUT2D eigenvalue weighted by molar-refractivity contribution is 6.44. The number of urea groups is 1. The van der Waals surface area contributed by atoms with E-state index >= 15 is 0 Å². The zero-order valence-corrected chi connectivity index (χ0v) is 13.1. The molecule has 0 bridgehead atoms. The van der Waals surface area contributed by atoms with Crippen molar-refractivity contribution in [3.63, 3.8) is 0 Å². The Morgan fingerprint density at radius 1 is 1.00 bits per heavy atom. The number of benzene rings is 1. The van der Waals surface area contributed by atoms with E-state index in [0.29, 0.717) is 15.6 Å². The molecular weight excluding hydrogens is 315 g/mol. The molecule has 1 aliphatic rings. The minimum atomic E-state index is -0.850. The van der Waals surface area contributed by atoms with Gasteiger partial charge in [-0.25, -0.2) is 4.79 Å². The van der Waals surface area contributed by atoms with Crippen molar-refractivity contribution in [2.24, 2.45) is 5.92 Å². The summed E-state index contributed by atoms with van der Waals surface area (Å²) in [5.41, 5.74) is 0.446. The zero-order chi connectivity index (χ0) is 15.7. The molecule has 1 heterocycles. The van der Waals surface area contributed by atoms with Crippen molar-refractivity contribution in [1.29, 1.82) is 0 Å². The number of imide groups is 2. The highest BCUT2D eigenvalue weighted by atomic mass is 35.5. The van der Waals surface area contributed by atoms with Crippen LogP contribution in [0.4, 0.5) is 4.79 Å². The van der Waals surface area contributed by atoms with Gasteiger partial charge in [0, 0.05) is 22.2 Å². The Labute approximate surface area is 132 Å². The van der Waals surface area contributed by atoms with Crippen molar-refractivity contribution < 1.29 is 14.4 Å². The molecule has 0 N–H and O–H groups in total. The summed E-state index contributed by atoms with van der Waals surface area (Å²) in [7, 11) is 0. The fourth-order valence-corrected chi connectivity index (χ4v) is 2.57. The molecule has 1 aromatic carbocycles. The molecule has 0 aliphatic carbocycles. The summed E-state index contributed by atoms with van der Waals surface area (Å²) in [6.45, 7) is 3.81. The van der Waals surface area contributed by atoms with E-state index < -0.39 is 17.8 Å². The fraction of sp³-hybridized carbons (Fsp3) is 0.357. The van der Waals surface area contributed by atoms with Gasteiger partial charge in [0.1, 0.15) is 0 Å². The molecule has 1 aliphatic heterocycles. The third kappa shape index (κ3) is 3.04. The second-order valence-electron chi connectivity index (χ2n) is 5.18. The summed E-state index contributed by atoms with van der Waals surface area (Å²) >= 11 is 12.1. The van der Waals surface area contributed by atoms with E-state index in [1.54, 1.807) is 18.2 Å². The fourth-order valence-electron chi connectivity index (χ4n) is 2.06. The lowest BCUT2D eigenvalue weighted by Gasteiger charge is -2.18. The summed E-state index contributed by atoms with van der Waals surface area (Å²) in [6.07, 6.45) is 0. The van der Waals surface area contributed by atoms with Gasteiger partial charge in [0.2, 0.25) is 0 Å². The van der Waals surface area contributed by atoms with Crippen molar-refractivity contribution in [1.82, 2.24) is 9.80 Å². The molecule has 0 saturated carbocycles. The summed E-state index contributed by atoms with van der Waals surface area (Å²) in [6, 6.07) is 4.26. The maximum absolute atomic E-state index is 12.2. The Bertz CT molecular complexity index is 596. The molecule has 1 aromatic rings. The second kappa shape index (κ2) is 6.03. The van der Waals surface area contributed by atoms with Crippen LogP contribution in [0.3, 0.4) is 0 Å². The molecule has 2 rings (SSSR count). The van der Waals surface area contributed by atoms with Gasteiger partial charge in [-0.3, -0.25) is 19.4 Å². The predicted octanol–water partition coefficient (Wildman–Crippen LogP) is 2.94. The van der Waals surface area contributed by atoms with Crippen molar-refractivity contribution in [2.45, 2.75) is 20.4 Å². The second-order valence-corrected chi connectivity index (χ2v) is 6.00. The minimum absolute atomic E-state index is 0.0783. The van der Waals surface area contributed by atoms with Gasteiger partial charge in [-0.1, -0.05) is 43.1 Å². The van der Waals surface area contributed by atoms with Crippen LogP contribution in [0.2, 0.25) is 10.0 Å². The number of rotatable bonds is 4. The summed E-state index contributed by atoms with van der Waals surface area (Å²) in [5, 5.41) is 0.690. The SMILES string of the molecule is CC(C)CN1C(=O)C(=O)N(Cc2c(Cl)cccc2Cl)C1=O. The van der Waals surface area contributed by atoms with E-state index in [1.165, 1.54) is 0 Å². The number of carbonyl (C=O) groups is 3. The molecule has 0 aromatic heterocycles. The molecule has 1 fully saturated rings. The van der Waals surface area contributed by atoms with Gasteiger partial charge >= 0.3 is 17.8 Å². The van der Waals surface area contributed by atoms with E-state index in [4.69, 9.17) is 23.2 Å². The normalized spacial score (nSPS) is 15.6. The average Bonchev–Trinajstić information content (AvgIpc) is 2.59. The summed E-state index contributed by atoms with van der Waals surface area (Å²) < 4.78 is 0. The number of amides is 4. The zero-order valence-electron chi connectivity index (χ0n) is 11.6. The Kier molecular flexibility index (Phi) is 4.54. The van der Waals surface area contributed by atoms with Crippen LogP contribution in [0, 0.1) is 5.92 Å². The molecule has 21 heavy (non-hydrogen) atoms. The van der Waals surface area contributed by atoms with E-state index in [-0.39, 0.29) is 19.0 Å². The molecule has 0 spiro atoms. The van der Waals surface area contributed by atoms with Gasteiger partial charge in [-0.15, -0.1) is 0 Å². The van der Waals surface area contributed by atoms with Gasteiger partial charge in [-0.2, -0.15) is 0 Å². The molecular formula is C14H14Cl2N2O3.